The summed E-state index contributed by atoms with van der Waals surface area (Å²) in [6.45, 7) is 7.90. The van der Waals surface area contributed by atoms with E-state index in [1.807, 2.05) is 29.2 Å². The predicted molar refractivity (Wildman–Crippen MR) is 90.6 cm³/mol. The Balaban J connectivity index is 2.00. The van der Waals surface area contributed by atoms with Gasteiger partial charge in [0.15, 0.2) is 0 Å². The summed E-state index contributed by atoms with van der Waals surface area (Å²) in [6, 6.07) is 7.87. The fourth-order valence-electron chi connectivity index (χ4n) is 3.11. The van der Waals surface area contributed by atoms with Gasteiger partial charge in [0, 0.05) is 25.1 Å². The van der Waals surface area contributed by atoms with E-state index in [1.165, 1.54) is 5.56 Å². The number of hydrogen-bond donors (Lipinski definition) is 1. The van der Waals surface area contributed by atoms with Crippen molar-refractivity contribution in [2.45, 2.75) is 51.9 Å². The quantitative estimate of drug-likeness (QED) is 0.921. The molecule has 1 atom stereocenters. The number of amides is 1. The van der Waals surface area contributed by atoms with Gasteiger partial charge in [-0.3, -0.25) is 9.59 Å². The van der Waals surface area contributed by atoms with Gasteiger partial charge in [-0.05, 0) is 48.3 Å². The smallest absolute Gasteiger partial charge is 0.303 e. The Morgan fingerprint density at radius 3 is 2.43 bits per heavy atom. The van der Waals surface area contributed by atoms with Crippen LogP contribution in [0.25, 0.3) is 0 Å². The zero-order chi connectivity index (χ0) is 17.0. The van der Waals surface area contributed by atoms with Gasteiger partial charge in [-0.25, -0.2) is 0 Å². The molecular weight excluding hydrogens is 290 g/mol. The molecule has 1 amide bonds. The summed E-state index contributed by atoms with van der Waals surface area (Å²) in [5.41, 5.74) is 2.01. The number of carbonyl (C=O) groups excluding carboxylic acids is 1. The topological polar surface area (TPSA) is 57.6 Å². The molecule has 0 bridgehead atoms. The molecule has 1 fully saturated rings. The highest BCUT2D eigenvalue weighted by Crippen LogP contribution is 2.25. The number of carbonyl (C=O) groups is 2. The second-order valence-corrected chi connectivity index (χ2v) is 7.52. The van der Waals surface area contributed by atoms with Crippen LogP contribution < -0.4 is 0 Å². The summed E-state index contributed by atoms with van der Waals surface area (Å²) in [7, 11) is 0. The van der Waals surface area contributed by atoms with Gasteiger partial charge in [0.25, 0.3) is 5.91 Å². The molecule has 0 spiro atoms. The SMILES string of the molecule is CC(C)(C)c1ccc(C(=O)N2CCCC(CCC(=O)O)C2)cc1. The second-order valence-electron chi connectivity index (χ2n) is 7.52. The summed E-state index contributed by atoms with van der Waals surface area (Å²) < 4.78 is 0. The first kappa shape index (κ1) is 17.5. The van der Waals surface area contributed by atoms with Crippen molar-refractivity contribution in [3.05, 3.63) is 35.4 Å². The Labute approximate surface area is 138 Å². The van der Waals surface area contributed by atoms with E-state index in [1.54, 1.807) is 0 Å². The highest BCUT2D eigenvalue weighted by molar-refractivity contribution is 5.94. The number of likely N-dealkylation sites (tertiary alicyclic amines) is 1. The van der Waals surface area contributed by atoms with E-state index in [0.29, 0.717) is 18.9 Å². The van der Waals surface area contributed by atoms with Crippen molar-refractivity contribution >= 4 is 11.9 Å². The number of piperidine rings is 1. The lowest BCUT2D eigenvalue weighted by molar-refractivity contribution is -0.137. The van der Waals surface area contributed by atoms with Gasteiger partial charge in [-0.1, -0.05) is 32.9 Å². The van der Waals surface area contributed by atoms with E-state index in [4.69, 9.17) is 5.11 Å². The van der Waals surface area contributed by atoms with Gasteiger partial charge in [-0.15, -0.1) is 0 Å². The molecule has 1 saturated heterocycles. The maximum absolute atomic E-state index is 12.7. The van der Waals surface area contributed by atoms with Crippen LogP contribution in [0, 0.1) is 5.92 Å². The molecule has 2 rings (SSSR count). The van der Waals surface area contributed by atoms with Gasteiger partial charge in [0.05, 0.1) is 0 Å². The average Bonchev–Trinajstić information content (AvgIpc) is 2.52. The minimum atomic E-state index is -0.758. The van der Waals surface area contributed by atoms with Crippen molar-refractivity contribution in [2.24, 2.45) is 5.92 Å². The first-order valence-corrected chi connectivity index (χ1v) is 8.39. The molecule has 0 aliphatic carbocycles. The van der Waals surface area contributed by atoms with Crippen molar-refractivity contribution < 1.29 is 14.7 Å². The third-order valence-electron chi connectivity index (χ3n) is 4.57. The Morgan fingerprint density at radius 2 is 1.87 bits per heavy atom. The first-order valence-electron chi connectivity index (χ1n) is 8.39. The molecule has 1 aromatic carbocycles. The molecule has 1 aliphatic rings. The Morgan fingerprint density at radius 1 is 1.22 bits per heavy atom. The largest absolute Gasteiger partial charge is 0.481 e. The second kappa shape index (κ2) is 7.16. The van der Waals surface area contributed by atoms with E-state index in [9.17, 15) is 9.59 Å². The summed E-state index contributed by atoms with van der Waals surface area (Å²) in [4.78, 5) is 25.2. The zero-order valence-corrected chi connectivity index (χ0v) is 14.3. The Hall–Kier alpha value is -1.84. The fourth-order valence-corrected chi connectivity index (χ4v) is 3.11. The molecule has 1 aromatic rings. The van der Waals surface area contributed by atoms with E-state index < -0.39 is 5.97 Å². The molecule has 1 heterocycles. The summed E-state index contributed by atoms with van der Waals surface area (Å²) in [5.74, 6) is -0.394. The van der Waals surface area contributed by atoms with Crippen molar-refractivity contribution in [2.75, 3.05) is 13.1 Å². The molecule has 4 heteroatoms. The highest BCUT2D eigenvalue weighted by Gasteiger charge is 2.25. The maximum atomic E-state index is 12.7. The molecule has 4 nitrogen and oxygen atoms in total. The van der Waals surface area contributed by atoms with Crippen molar-refractivity contribution in [3.8, 4) is 0 Å². The predicted octanol–water partition coefficient (Wildman–Crippen LogP) is 3.70. The molecule has 1 N–H and O–H groups in total. The van der Waals surface area contributed by atoms with Crippen LogP contribution in [-0.2, 0) is 10.2 Å². The van der Waals surface area contributed by atoms with E-state index in [0.717, 1.165) is 24.9 Å². The molecular formula is C19H27NO3. The van der Waals surface area contributed by atoms with Gasteiger partial charge < -0.3 is 10.0 Å². The van der Waals surface area contributed by atoms with Crippen LogP contribution in [0.1, 0.15) is 62.4 Å². The van der Waals surface area contributed by atoms with Crippen LogP contribution >= 0.6 is 0 Å². The molecule has 23 heavy (non-hydrogen) atoms. The summed E-state index contributed by atoms with van der Waals surface area (Å²) in [6.07, 6.45) is 2.81. The number of benzene rings is 1. The lowest BCUT2D eigenvalue weighted by Crippen LogP contribution is -2.40. The Bertz CT molecular complexity index is 557. The van der Waals surface area contributed by atoms with E-state index in [-0.39, 0.29) is 17.7 Å². The number of aliphatic carboxylic acids is 1. The summed E-state index contributed by atoms with van der Waals surface area (Å²) >= 11 is 0. The molecule has 0 radical (unpaired) electrons. The highest BCUT2D eigenvalue weighted by atomic mass is 16.4. The minimum Gasteiger partial charge on any atom is -0.481 e. The average molecular weight is 317 g/mol. The lowest BCUT2D eigenvalue weighted by atomic mass is 9.86. The van der Waals surface area contributed by atoms with E-state index in [2.05, 4.69) is 20.8 Å². The van der Waals surface area contributed by atoms with Crippen LogP contribution in [0.15, 0.2) is 24.3 Å². The fraction of sp³-hybridized carbons (Fsp3) is 0.579. The Kier molecular flexibility index (Phi) is 5.45. The number of carboxylic acids is 1. The molecule has 0 saturated carbocycles. The standard InChI is InChI=1S/C19H27NO3/c1-19(2,3)16-9-7-15(8-10-16)18(23)20-12-4-5-14(13-20)6-11-17(21)22/h7-10,14H,4-6,11-13H2,1-3H3,(H,21,22). The minimum absolute atomic E-state index is 0.0606. The third-order valence-corrected chi connectivity index (χ3v) is 4.57. The lowest BCUT2D eigenvalue weighted by Gasteiger charge is -2.33. The number of hydrogen-bond acceptors (Lipinski definition) is 2. The van der Waals surface area contributed by atoms with Crippen LogP contribution in [0.5, 0.6) is 0 Å². The third kappa shape index (κ3) is 4.81. The van der Waals surface area contributed by atoms with Crippen LogP contribution in [0.4, 0.5) is 0 Å². The zero-order valence-electron chi connectivity index (χ0n) is 14.3. The molecule has 0 aromatic heterocycles. The summed E-state index contributed by atoms with van der Waals surface area (Å²) in [5, 5.41) is 8.81. The van der Waals surface area contributed by atoms with Gasteiger partial charge in [-0.2, -0.15) is 0 Å². The van der Waals surface area contributed by atoms with Crippen molar-refractivity contribution in [1.29, 1.82) is 0 Å². The molecule has 1 unspecified atom stereocenters. The van der Waals surface area contributed by atoms with Crippen LogP contribution in [-0.4, -0.2) is 35.0 Å². The van der Waals surface area contributed by atoms with Crippen LogP contribution in [0.3, 0.4) is 0 Å². The number of carboxylic acid groups (broad SMARTS) is 1. The van der Waals surface area contributed by atoms with E-state index >= 15 is 0 Å². The molecule has 126 valence electrons. The molecule has 1 aliphatic heterocycles. The number of rotatable bonds is 4. The van der Waals surface area contributed by atoms with Crippen molar-refractivity contribution in [3.63, 3.8) is 0 Å². The monoisotopic (exact) mass is 317 g/mol. The maximum Gasteiger partial charge on any atom is 0.303 e. The van der Waals surface area contributed by atoms with Crippen LogP contribution in [0.2, 0.25) is 0 Å². The number of nitrogens with zero attached hydrogens (tertiary/aromatic N) is 1. The first-order chi connectivity index (χ1) is 10.8. The van der Waals surface area contributed by atoms with Gasteiger partial charge >= 0.3 is 5.97 Å². The van der Waals surface area contributed by atoms with Crippen molar-refractivity contribution in [1.82, 2.24) is 4.90 Å². The van der Waals surface area contributed by atoms with Gasteiger partial charge in [0.2, 0.25) is 0 Å². The van der Waals surface area contributed by atoms with Gasteiger partial charge in [0.1, 0.15) is 0 Å². The normalized spacial score (nSPS) is 18.7.